The minimum atomic E-state index is -2.74. The average molecular weight is 236 g/mol. The van der Waals surface area contributed by atoms with E-state index in [4.69, 9.17) is 16.7 Å². The number of carboxylic acids is 1. The largest absolute Gasteiger partial charge is 0.481 e. The lowest BCUT2D eigenvalue weighted by molar-refractivity contribution is -0.138. The highest BCUT2D eigenvalue weighted by Gasteiger charge is 2.25. The van der Waals surface area contributed by atoms with Gasteiger partial charge in [0.05, 0.1) is 12.3 Å². The lowest BCUT2D eigenvalue weighted by Gasteiger charge is -2.13. The smallest absolute Gasteiger partial charge is 0.304 e. The summed E-state index contributed by atoms with van der Waals surface area (Å²) in [4.78, 5) is 14.0. The van der Waals surface area contributed by atoms with Crippen LogP contribution in [0.15, 0.2) is 18.3 Å². The third-order valence-corrected chi connectivity index (χ3v) is 2.08. The number of carbonyl (C=O) groups is 1. The summed E-state index contributed by atoms with van der Waals surface area (Å²) in [6.07, 6.45) is -2.09. The van der Waals surface area contributed by atoms with Gasteiger partial charge in [-0.25, -0.2) is 13.8 Å². The molecule has 0 aliphatic rings. The first kappa shape index (κ1) is 11.8. The average Bonchev–Trinajstić information content (AvgIpc) is 2.13. The molecule has 0 fully saturated rings. The van der Waals surface area contributed by atoms with Crippen molar-refractivity contribution in [2.45, 2.75) is 18.8 Å². The van der Waals surface area contributed by atoms with Crippen LogP contribution in [0.25, 0.3) is 0 Å². The Morgan fingerprint density at radius 1 is 1.60 bits per heavy atom. The zero-order valence-corrected chi connectivity index (χ0v) is 8.29. The highest BCUT2D eigenvalue weighted by atomic mass is 35.5. The molecule has 82 valence electrons. The molecule has 0 saturated carbocycles. The third-order valence-electron chi connectivity index (χ3n) is 1.88. The lowest BCUT2D eigenvalue weighted by Crippen LogP contribution is -2.14. The summed E-state index contributed by atoms with van der Waals surface area (Å²) in [6, 6.07) is 2.59. The number of carboxylic acid groups (broad SMARTS) is 1. The minimum absolute atomic E-state index is 0.0727. The second kappa shape index (κ2) is 5.02. The summed E-state index contributed by atoms with van der Waals surface area (Å²) in [5, 5.41) is 8.55. The first-order valence-electron chi connectivity index (χ1n) is 4.12. The maximum Gasteiger partial charge on any atom is 0.304 e. The Morgan fingerprint density at radius 3 is 2.73 bits per heavy atom. The van der Waals surface area contributed by atoms with Crippen LogP contribution in [0, 0.1) is 0 Å². The number of rotatable bonds is 4. The summed E-state index contributed by atoms with van der Waals surface area (Å²) in [5.41, 5.74) is 0.187. The predicted molar refractivity (Wildman–Crippen MR) is 50.2 cm³/mol. The molecular weight excluding hydrogens is 228 g/mol. The lowest BCUT2D eigenvalue weighted by atomic mass is 9.97. The molecule has 0 amide bonds. The quantitative estimate of drug-likeness (QED) is 0.816. The number of alkyl halides is 2. The maximum absolute atomic E-state index is 12.6. The van der Waals surface area contributed by atoms with Crippen molar-refractivity contribution in [1.82, 2.24) is 4.98 Å². The van der Waals surface area contributed by atoms with Gasteiger partial charge in [0.25, 0.3) is 0 Å². The zero-order valence-electron chi connectivity index (χ0n) is 7.53. The monoisotopic (exact) mass is 235 g/mol. The normalized spacial score (nSPS) is 12.8. The summed E-state index contributed by atoms with van der Waals surface area (Å²) >= 11 is 5.53. The second-order valence-corrected chi connectivity index (χ2v) is 3.34. The van der Waals surface area contributed by atoms with Crippen LogP contribution in [-0.2, 0) is 4.79 Å². The van der Waals surface area contributed by atoms with Gasteiger partial charge in [0.2, 0.25) is 6.43 Å². The minimum Gasteiger partial charge on any atom is -0.481 e. The Balaban J connectivity index is 2.93. The highest BCUT2D eigenvalue weighted by Crippen LogP contribution is 2.27. The van der Waals surface area contributed by atoms with Gasteiger partial charge in [-0.05, 0) is 17.7 Å². The Kier molecular flexibility index (Phi) is 3.96. The number of hydrogen-bond donors (Lipinski definition) is 1. The van der Waals surface area contributed by atoms with Gasteiger partial charge in [-0.3, -0.25) is 4.79 Å². The van der Waals surface area contributed by atoms with Crippen molar-refractivity contribution in [3.05, 3.63) is 29.0 Å². The van der Waals surface area contributed by atoms with Crippen molar-refractivity contribution in [3.63, 3.8) is 0 Å². The second-order valence-electron chi connectivity index (χ2n) is 2.95. The molecular formula is C9H8ClF2NO2. The van der Waals surface area contributed by atoms with Crippen molar-refractivity contribution in [2.75, 3.05) is 0 Å². The molecule has 1 N–H and O–H groups in total. The molecule has 0 radical (unpaired) electrons. The highest BCUT2D eigenvalue weighted by molar-refractivity contribution is 6.29. The number of aromatic nitrogens is 1. The van der Waals surface area contributed by atoms with Gasteiger partial charge in [-0.2, -0.15) is 0 Å². The van der Waals surface area contributed by atoms with Gasteiger partial charge in [-0.15, -0.1) is 0 Å². The molecule has 6 heteroatoms. The molecule has 1 heterocycles. The van der Waals surface area contributed by atoms with Crippen LogP contribution in [0.5, 0.6) is 0 Å². The van der Waals surface area contributed by atoms with Crippen molar-refractivity contribution < 1.29 is 18.7 Å². The molecule has 1 aromatic rings. The van der Waals surface area contributed by atoms with E-state index in [1.165, 1.54) is 18.3 Å². The Bertz CT molecular complexity index is 360. The molecule has 3 nitrogen and oxygen atoms in total. The van der Waals surface area contributed by atoms with E-state index >= 15 is 0 Å². The zero-order chi connectivity index (χ0) is 11.4. The number of pyridine rings is 1. The van der Waals surface area contributed by atoms with Gasteiger partial charge in [0.1, 0.15) is 5.15 Å². The van der Waals surface area contributed by atoms with Crippen LogP contribution < -0.4 is 0 Å². The number of halogens is 3. The number of hydrogen-bond acceptors (Lipinski definition) is 2. The van der Waals surface area contributed by atoms with Gasteiger partial charge < -0.3 is 5.11 Å². The molecule has 0 spiro atoms. The number of aliphatic carboxylic acids is 1. The Labute approximate surface area is 89.7 Å². The Morgan fingerprint density at radius 2 is 2.27 bits per heavy atom. The van der Waals surface area contributed by atoms with Crippen molar-refractivity contribution >= 4 is 17.6 Å². The molecule has 0 aliphatic heterocycles. The molecule has 1 aromatic heterocycles. The molecule has 15 heavy (non-hydrogen) atoms. The predicted octanol–water partition coefficient (Wildman–Crippen LogP) is 2.56. The first-order chi connectivity index (χ1) is 7.00. The van der Waals surface area contributed by atoms with Crippen molar-refractivity contribution in [1.29, 1.82) is 0 Å². The summed E-state index contributed by atoms with van der Waals surface area (Å²) in [5.74, 6) is -2.61. The van der Waals surface area contributed by atoms with Crippen LogP contribution in [0.1, 0.15) is 17.9 Å². The molecule has 1 rings (SSSR count). The van der Waals surface area contributed by atoms with Gasteiger partial charge in [0, 0.05) is 6.20 Å². The molecule has 0 saturated heterocycles. The topological polar surface area (TPSA) is 50.2 Å². The molecule has 0 aromatic carbocycles. The van der Waals surface area contributed by atoms with Crippen molar-refractivity contribution in [3.8, 4) is 0 Å². The van der Waals surface area contributed by atoms with Crippen molar-refractivity contribution in [2.24, 2.45) is 0 Å². The van der Waals surface area contributed by atoms with Crippen LogP contribution in [0.3, 0.4) is 0 Å². The fourth-order valence-electron chi connectivity index (χ4n) is 1.19. The van der Waals surface area contributed by atoms with Crippen LogP contribution in [-0.4, -0.2) is 22.5 Å². The van der Waals surface area contributed by atoms with Crippen LogP contribution in [0.2, 0.25) is 5.15 Å². The number of nitrogens with zero attached hydrogens (tertiary/aromatic N) is 1. The van der Waals surface area contributed by atoms with E-state index in [1.807, 2.05) is 0 Å². The van der Waals surface area contributed by atoms with E-state index in [-0.39, 0.29) is 10.7 Å². The van der Waals surface area contributed by atoms with E-state index in [9.17, 15) is 13.6 Å². The van der Waals surface area contributed by atoms with E-state index in [1.54, 1.807) is 0 Å². The molecule has 1 atom stereocenters. The fourth-order valence-corrected chi connectivity index (χ4v) is 1.37. The van der Waals surface area contributed by atoms with Crippen LogP contribution in [0.4, 0.5) is 8.78 Å². The van der Waals surface area contributed by atoms with Crippen LogP contribution >= 0.6 is 11.6 Å². The molecule has 0 bridgehead atoms. The fraction of sp³-hybridized carbons (Fsp3) is 0.333. The van der Waals surface area contributed by atoms with E-state index < -0.39 is 24.7 Å². The van der Waals surface area contributed by atoms with Gasteiger partial charge in [-0.1, -0.05) is 11.6 Å². The maximum atomic E-state index is 12.6. The van der Waals surface area contributed by atoms with Gasteiger partial charge in [0.15, 0.2) is 0 Å². The molecule has 0 aliphatic carbocycles. The molecule has 1 unspecified atom stereocenters. The van der Waals surface area contributed by atoms with E-state index in [0.29, 0.717) is 0 Å². The summed E-state index contributed by atoms with van der Waals surface area (Å²) < 4.78 is 25.1. The third kappa shape index (κ3) is 3.43. The van der Waals surface area contributed by atoms with E-state index in [0.717, 1.165) is 0 Å². The van der Waals surface area contributed by atoms with Gasteiger partial charge >= 0.3 is 5.97 Å². The van der Waals surface area contributed by atoms with E-state index in [2.05, 4.69) is 4.98 Å². The summed E-state index contributed by atoms with van der Waals surface area (Å²) in [7, 11) is 0. The SMILES string of the molecule is O=C(O)CC(c1ccnc(Cl)c1)C(F)F. The summed E-state index contributed by atoms with van der Waals surface area (Å²) in [6.45, 7) is 0. The first-order valence-corrected chi connectivity index (χ1v) is 4.50. The standard InChI is InChI=1S/C9H8ClF2NO2/c10-7-3-5(1-2-13-7)6(9(11)12)4-8(14)15/h1-3,6,9H,4H2,(H,14,15). The Hall–Kier alpha value is -1.23.